The van der Waals surface area contributed by atoms with Gasteiger partial charge in [0, 0.05) is 18.2 Å². The van der Waals surface area contributed by atoms with E-state index in [1.54, 1.807) is 0 Å². The average molecular weight is 313 g/mol. The number of nitrogen functional groups attached to an aromatic ring is 1. The molecule has 21 heavy (non-hydrogen) atoms. The van der Waals surface area contributed by atoms with Crippen LogP contribution >= 0.6 is 0 Å². The summed E-state index contributed by atoms with van der Waals surface area (Å²) in [5, 5.41) is 10.9. The van der Waals surface area contributed by atoms with Crippen LogP contribution in [-0.4, -0.2) is 29.7 Å². The summed E-state index contributed by atoms with van der Waals surface area (Å²) in [6.45, 7) is 3.72. The second kappa shape index (κ2) is 5.61. The molecular weight excluding hydrogens is 294 g/mol. The Kier molecular flexibility index (Phi) is 4.20. The van der Waals surface area contributed by atoms with Crippen LogP contribution in [-0.2, 0) is 10.0 Å². The van der Waals surface area contributed by atoms with E-state index in [2.05, 4.69) is 0 Å². The average Bonchev–Trinajstić information content (AvgIpc) is 2.38. The van der Waals surface area contributed by atoms with E-state index in [0.717, 1.165) is 25.3 Å². The number of nitrogens with two attached hydrogens (primary N) is 1. The van der Waals surface area contributed by atoms with Gasteiger partial charge in [-0.3, -0.25) is 10.1 Å². The number of rotatable bonds is 3. The van der Waals surface area contributed by atoms with Crippen LogP contribution in [0.15, 0.2) is 23.1 Å². The Morgan fingerprint density at radius 1 is 1.29 bits per heavy atom. The first-order valence-electron chi connectivity index (χ1n) is 6.82. The predicted octanol–water partition coefficient (Wildman–Crippen LogP) is 2.13. The first-order valence-corrected chi connectivity index (χ1v) is 8.26. The lowest BCUT2D eigenvalue weighted by atomic mass is 10.0. The molecule has 0 aromatic heterocycles. The Hall–Kier alpha value is -1.67. The normalized spacial score (nSPS) is 23.9. The summed E-state index contributed by atoms with van der Waals surface area (Å²) in [7, 11) is -3.76. The van der Waals surface area contributed by atoms with Crippen molar-refractivity contribution in [1.29, 1.82) is 0 Å². The van der Waals surface area contributed by atoms with E-state index >= 15 is 0 Å². The zero-order valence-electron chi connectivity index (χ0n) is 12.0. The van der Waals surface area contributed by atoms with Gasteiger partial charge in [0.25, 0.3) is 5.69 Å². The highest BCUT2D eigenvalue weighted by Crippen LogP contribution is 2.32. The van der Waals surface area contributed by atoms with Gasteiger partial charge in [-0.25, -0.2) is 8.42 Å². The molecule has 1 aromatic rings. The summed E-state index contributed by atoms with van der Waals surface area (Å²) in [5.41, 5.74) is 5.09. The summed E-state index contributed by atoms with van der Waals surface area (Å²) < 4.78 is 27.0. The molecule has 7 nitrogen and oxygen atoms in total. The van der Waals surface area contributed by atoms with E-state index in [4.69, 9.17) is 5.73 Å². The molecule has 1 aliphatic heterocycles. The second-order valence-electron chi connectivity index (χ2n) is 5.44. The van der Waals surface area contributed by atoms with Crippen molar-refractivity contribution < 1.29 is 13.3 Å². The minimum atomic E-state index is -3.76. The van der Waals surface area contributed by atoms with Crippen molar-refractivity contribution in [3.05, 3.63) is 28.3 Å². The van der Waals surface area contributed by atoms with E-state index in [9.17, 15) is 18.5 Å². The molecule has 2 rings (SSSR count). The van der Waals surface area contributed by atoms with Crippen molar-refractivity contribution in [1.82, 2.24) is 4.31 Å². The van der Waals surface area contributed by atoms with Crippen molar-refractivity contribution in [2.75, 3.05) is 5.73 Å². The Bertz CT molecular complexity index is 649. The van der Waals surface area contributed by atoms with Crippen LogP contribution in [0.3, 0.4) is 0 Å². The molecule has 1 saturated heterocycles. The third-order valence-electron chi connectivity index (χ3n) is 3.89. The minimum absolute atomic E-state index is 0.0429. The van der Waals surface area contributed by atoms with Gasteiger partial charge in [-0.1, -0.05) is 6.42 Å². The van der Waals surface area contributed by atoms with E-state index in [-0.39, 0.29) is 28.4 Å². The number of hydrogen-bond donors (Lipinski definition) is 1. The number of nitrogens with zero attached hydrogens (tertiary/aromatic N) is 2. The van der Waals surface area contributed by atoms with E-state index in [0.29, 0.717) is 0 Å². The number of nitro benzene ring substituents is 1. The molecule has 0 bridgehead atoms. The lowest BCUT2D eigenvalue weighted by molar-refractivity contribution is -0.384. The highest BCUT2D eigenvalue weighted by molar-refractivity contribution is 7.89. The third-order valence-corrected chi connectivity index (χ3v) is 6.01. The SMILES string of the molecule is C[C@@H]1CCC[C@H](C)N1S(=O)(=O)c1ccc(N)c([N+](=O)[O-])c1. The molecule has 1 aromatic carbocycles. The maximum Gasteiger partial charge on any atom is 0.293 e. The molecule has 1 aliphatic rings. The fourth-order valence-electron chi connectivity index (χ4n) is 2.84. The van der Waals surface area contributed by atoms with Gasteiger partial charge in [0.05, 0.1) is 9.82 Å². The first kappa shape index (κ1) is 15.7. The number of hydrogen-bond acceptors (Lipinski definition) is 5. The Balaban J connectivity index is 2.48. The van der Waals surface area contributed by atoms with Crippen LogP contribution in [0.4, 0.5) is 11.4 Å². The monoisotopic (exact) mass is 313 g/mol. The quantitative estimate of drug-likeness (QED) is 0.522. The van der Waals surface area contributed by atoms with Crippen molar-refractivity contribution in [2.45, 2.75) is 50.1 Å². The van der Waals surface area contributed by atoms with E-state index in [1.165, 1.54) is 16.4 Å². The van der Waals surface area contributed by atoms with Crippen molar-refractivity contribution in [3.8, 4) is 0 Å². The maximum atomic E-state index is 12.8. The lowest BCUT2D eigenvalue weighted by Gasteiger charge is -2.37. The zero-order chi connectivity index (χ0) is 15.8. The molecule has 2 N–H and O–H groups in total. The molecule has 2 atom stereocenters. The standard InChI is InChI=1S/C13H19N3O4S/c1-9-4-3-5-10(2)15(9)21(19,20)11-6-7-12(14)13(8-11)16(17)18/h6-10H,3-5,14H2,1-2H3/t9-,10+. The Morgan fingerprint density at radius 3 is 2.38 bits per heavy atom. The van der Waals surface area contributed by atoms with Gasteiger partial charge in [0.2, 0.25) is 10.0 Å². The highest BCUT2D eigenvalue weighted by Gasteiger charge is 2.36. The fraction of sp³-hybridized carbons (Fsp3) is 0.538. The molecule has 8 heteroatoms. The first-order chi connectivity index (χ1) is 9.75. The van der Waals surface area contributed by atoms with Crippen LogP contribution < -0.4 is 5.73 Å². The molecule has 0 saturated carbocycles. The second-order valence-corrected chi connectivity index (χ2v) is 7.28. The number of sulfonamides is 1. The topological polar surface area (TPSA) is 107 Å². The minimum Gasteiger partial charge on any atom is -0.393 e. The molecule has 1 heterocycles. The van der Waals surface area contributed by atoms with Gasteiger partial charge in [-0.2, -0.15) is 4.31 Å². The van der Waals surface area contributed by atoms with Gasteiger partial charge in [0.15, 0.2) is 0 Å². The molecule has 0 unspecified atom stereocenters. The lowest BCUT2D eigenvalue weighted by Crippen LogP contribution is -2.47. The Morgan fingerprint density at radius 2 is 1.86 bits per heavy atom. The Labute approximate surface area is 123 Å². The van der Waals surface area contributed by atoms with Gasteiger partial charge in [-0.05, 0) is 38.8 Å². The summed E-state index contributed by atoms with van der Waals surface area (Å²) in [6.07, 6.45) is 2.57. The molecule has 0 spiro atoms. The van der Waals surface area contributed by atoms with Gasteiger partial charge in [0.1, 0.15) is 5.69 Å². The van der Waals surface area contributed by atoms with Crippen LogP contribution in [0.5, 0.6) is 0 Å². The number of benzene rings is 1. The van der Waals surface area contributed by atoms with E-state index < -0.39 is 14.9 Å². The number of nitro groups is 1. The number of anilines is 1. The summed E-state index contributed by atoms with van der Waals surface area (Å²) in [6, 6.07) is 3.40. The molecule has 0 amide bonds. The largest absolute Gasteiger partial charge is 0.393 e. The predicted molar refractivity (Wildman–Crippen MR) is 79.3 cm³/mol. The van der Waals surface area contributed by atoms with Gasteiger partial charge in [-0.15, -0.1) is 0 Å². The van der Waals surface area contributed by atoms with Crippen LogP contribution in [0.2, 0.25) is 0 Å². The molecular formula is C13H19N3O4S. The molecule has 1 fully saturated rings. The highest BCUT2D eigenvalue weighted by atomic mass is 32.2. The summed E-state index contributed by atoms with van der Waals surface area (Å²) >= 11 is 0. The summed E-state index contributed by atoms with van der Waals surface area (Å²) in [4.78, 5) is 10.2. The van der Waals surface area contributed by atoms with Crippen molar-refractivity contribution in [3.63, 3.8) is 0 Å². The van der Waals surface area contributed by atoms with Crippen LogP contribution in [0.1, 0.15) is 33.1 Å². The number of piperidine rings is 1. The smallest absolute Gasteiger partial charge is 0.293 e. The molecule has 0 aliphatic carbocycles. The third kappa shape index (κ3) is 2.86. The zero-order valence-corrected chi connectivity index (χ0v) is 12.8. The molecule has 0 radical (unpaired) electrons. The molecule has 116 valence electrons. The van der Waals surface area contributed by atoms with E-state index in [1.807, 2.05) is 13.8 Å². The summed E-state index contributed by atoms with van der Waals surface area (Å²) in [5.74, 6) is 0. The fourth-order valence-corrected chi connectivity index (χ4v) is 4.74. The van der Waals surface area contributed by atoms with Crippen LogP contribution in [0.25, 0.3) is 0 Å². The van der Waals surface area contributed by atoms with Crippen molar-refractivity contribution in [2.24, 2.45) is 0 Å². The van der Waals surface area contributed by atoms with Crippen LogP contribution in [0, 0.1) is 10.1 Å². The van der Waals surface area contributed by atoms with Gasteiger partial charge >= 0.3 is 0 Å². The van der Waals surface area contributed by atoms with Crippen molar-refractivity contribution >= 4 is 21.4 Å². The maximum absolute atomic E-state index is 12.8. The van der Waals surface area contributed by atoms with Gasteiger partial charge < -0.3 is 5.73 Å².